The van der Waals surface area contributed by atoms with Crippen molar-refractivity contribution in [1.82, 2.24) is 29.2 Å². The SMILES string of the molecule is CB(O)N1CCC(n2cc([N+](=O)[O-])c(C)n2)CC1.CB(O)N1CCC(n2ncc([N+](=O)[O-])c2C)CC1. The molecule has 196 valence electrons. The molecular formula is C20H34B2N8O6. The van der Waals surface area contributed by atoms with E-state index in [2.05, 4.69) is 10.2 Å². The molecule has 4 heterocycles. The van der Waals surface area contributed by atoms with Crippen LogP contribution in [0.2, 0.25) is 13.6 Å². The van der Waals surface area contributed by atoms with Gasteiger partial charge in [-0.25, -0.2) is 0 Å². The Bertz CT molecular complexity index is 1030. The molecule has 0 saturated carbocycles. The van der Waals surface area contributed by atoms with Crippen molar-refractivity contribution in [2.45, 2.75) is 65.3 Å². The standard InChI is InChI=1S/2C10H17BN4O3/c1-8-10(15(17)18)7-14(12-8)9-3-5-13(6-4-9)11(2)16;1-8-10(15(17)18)7-12-14(8)9-3-5-13(6-4-9)11(2)16/h2*7,9,16H,3-6H2,1-2H3. The zero-order chi connectivity index (χ0) is 26.6. The molecule has 0 atom stereocenters. The number of hydrogen-bond acceptors (Lipinski definition) is 10. The molecule has 2 aliphatic heterocycles. The third-order valence-electron chi connectivity index (χ3n) is 7.08. The smallest absolute Gasteiger partial charge is 0.376 e. The van der Waals surface area contributed by atoms with Crippen molar-refractivity contribution in [3.63, 3.8) is 0 Å². The van der Waals surface area contributed by atoms with Crippen molar-refractivity contribution in [3.05, 3.63) is 44.0 Å². The van der Waals surface area contributed by atoms with Crippen LogP contribution in [0.1, 0.15) is 49.2 Å². The van der Waals surface area contributed by atoms with E-state index in [4.69, 9.17) is 0 Å². The molecule has 2 aromatic heterocycles. The topological polar surface area (TPSA) is 169 Å². The van der Waals surface area contributed by atoms with Gasteiger partial charge < -0.3 is 19.7 Å². The number of rotatable bonds is 6. The van der Waals surface area contributed by atoms with E-state index in [1.807, 2.05) is 9.62 Å². The van der Waals surface area contributed by atoms with Gasteiger partial charge in [-0.1, -0.05) is 0 Å². The summed E-state index contributed by atoms with van der Waals surface area (Å²) < 4.78 is 3.45. The van der Waals surface area contributed by atoms with Gasteiger partial charge in [-0.15, -0.1) is 0 Å². The highest BCUT2D eigenvalue weighted by molar-refractivity contribution is 6.45. The fourth-order valence-corrected chi connectivity index (χ4v) is 4.83. The maximum absolute atomic E-state index is 10.8. The number of nitro groups is 2. The lowest BCUT2D eigenvalue weighted by atomic mass is 9.82. The van der Waals surface area contributed by atoms with Gasteiger partial charge in [0.15, 0.2) is 0 Å². The summed E-state index contributed by atoms with van der Waals surface area (Å²) in [6.07, 6.45) is 6.23. The zero-order valence-electron chi connectivity index (χ0n) is 21.2. The first-order valence-corrected chi connectivity index (χ1v) is 12.2. The minimum atomic E-state index is -0.431. The monoisotopic (exact) mass is 504 g/mol. The lowest BCUT2D eigenvalue weighted by Crippen LogP contribution is -2.43. The molecule has 2 saturated heterocycles. The molecule has 14 nitrogen and oxygen atoms in total. The second-order valence-corrected chi connectivity index (χ2v) is 9.45. The first kappa shape index (κ1) is 27.8. The first-order valence-electron chi connectivity index (χ1n) is 12.2. The van der Waals surface area contributed by atoms with Crippen molar-refractivity contribution in [2.24, 2.45) is 0 Å². The van der Waals surface area contributed by atoms with Crippen LogP contribution in [0.3, 0.4) is 0 Å². The summed E-state index contributed by atoms with van der Waals surface area (Å²) in [5.41, 5.74) is 1.22. The van der Waals surface area contributed by atoms with Gasteiger partial charge in [0.1, 0.15) is 23.8 Å². The number of nitrogens with zero attached hydrogens (tertiary/aromatic N) is 8. The average molecular weight is 504 g/mol. The third kappa shape index (κ3) is 6.49. The van der Waals surface area contributed by atoms with E-state index in [0.717, 1.165) is 51.9 Å². The lowest BCUT2D eigenvalue weighted by Gasteiger charge is -2.32. The van der Waals surface area contributed by atoms with Crippen LogP contribution in [0.5, 0.6) is 0 Å². The molecule has 2 fully saturated rings. The maximum atomic E-state index is 10.8. The summed E-state index contributed by atoms with van der Waals surface area (Å²) in [4.78, 5) is 24.7. The fraction of sp³-hybridized carbons (Fsp3) is 0.700. The normalized spacial score (nSPS) is 17.9. The highest BCUT2D eigenvalue weighted by atomic mass is 16.6. The summed E-state index contributed by atoms with van der Waals surface area (Å²) in [7, 11) is -0.862. The molecule has 0 radical (unpaired) electrons. The van der Waals surface area contributed by atoms with Gasteiger partial charge in [0.05, 0.1) is 21.9 Å². The van der Waals surface area contributed by atoms with Gasteiger partial charge in [-0.05, 0) is 79.4 Å². The second kappa shape index (κ2) is 12.0. The van der Waals surface area contributed by atoms with E-state index < -0.39 is 23.9 Å². The predicted octanol–water partition coefficient (Wildman–Crippen LogP) is 1.69. The Labute approximate surface area is 210 Å². The Morgan fingerprint density at radius 1 is 0.889 bits per heavy atom. The molecule has 2 N–H and O–H groups in total. The van der Waals surface area contributed by atoms with Crippen molar-refractivity contribution >= 4 is 25.5 Å². The Kier molecular flexibility index (Phi) is 9.22. The minimum Gasteiger partial charge on any atom is -0.437 e. The van der Waals surface area contributed by atoms with Gasteiger partial charge >= 0.3 is 25.5 Å². The van der Waals surface area contributed by atoms with Crippen LogP contribution in [0.15, 0.2) is 12.4 Å². The molecule has 2 aliphatic rings. The van der Waals surface area contributed by atoms with Crippen LogP contribution >= 0.6 is 0 Å². The Balaban J connectivity index is 0.000000201. The highest BCUT2D eigenvalue weighted by Crippen LogP contribution is 2.28. The number of aryl methyl sites for hydroxylation is 1. The van der Waals surface area contributed by atoms with Gasteiger partial charge in [-0.3, -0.25) is 29.6 Å². The van der Waals surface area contributed by atoms with Crippen LogP contribution in [-0.4, -0.2) is 89.4 Å². The van der Waals surface area contributed by atoms with Gasteiger partial charge in [0, 0.05) is 0 Å². The van der Waals surface area contributed by atoms with E-state index in [1.54, 1.807) is 36.9 Å². The summed E-state index contributed by atoms with van der Waals surface area (Å²) in [5, 5.41) is 48.8. The molecule has 0 amide bonds. The van der Waals surface area contributed by atoms with Crippen molar-refractivity contribution in [2.75, 3.05) is 26.2 Å². The molecule has 0 aromatic carbocycles. The molecule has 4 rings (SSSR count). The van der Waals surface area contributed by atoms with Crippen molar-refractivity contribution < 1.29 is 19.9 Å². The fourth-order valence-electron chi connectivity index (χ4n) is 4.83. The second-order valence-electron chi connectivity index (χ2n) is 9.45. The Morgan fingerprint density at radius 3 is 1.75 bits per heavy atom. The lowest BCUT2D eigenvalue weighted by molar-refractivity contribution is -0.385. The molecule has 2 aromatic rings. The molecule has 16 heteroatoms. The van der Waals surface area contributed by atoms with Crippen LogP contribution in [0.25, 0.3) is 0 Å². The quantitative estimate of drug-likeness (QED) is 0.336. The maximum Gasteiger partial charge on any atom is 0.376 e. The summed E-state index contributed by atoms with van der Waals surface area (Å²) >= 11 is 0. The zero-order valence-corrected chi connectivity index (χ0v) is 21.2. The third-order valence-corrected chi connectivity index (χ3v) is 7.08. The van der Waals surface area contributed by atoms with Gasteiger partial charge in [0.25, 0.3) is 0 Å². The van der Waals surface area contributed by atoms with E-state index in [0.29, 0.717) is 11.4 Å². The molecule has 36 heavy (non-hydrogen) atoms. The number of piperidine rings is 2. The summed E-state index contributed by atoms with van der Waals surface area (Å²) in [6, 6.07) is 0.376. The Hall–Kier alpha value is -2.81. The van der Waals surface area contributed by atoms with Crippen molar-refractivity contribution in [1.29, 1.82) is 0 Å². The van der Waals surface area contributed by atoms with E-state index in [9.17, 15) is 30.3 Å². The number of hydrogen-bond donors (Lipinski definition) is 2. The van der Waals surface area contributed by atoms with Crippen LogP contribution in [0.4, 0.5) is 11.4 Å². The van der Waals surface area contributed by atoms with Crippen molar-refractivity contribution in [3.8, 4) is 0 Å². The summed E-state index contributed by atoms with van der Waals surface area (Å²) in [5.74, 6) is 0. The van der Waals surface area contributed by atoms with E-state index in [-0.39, 0.29) is 23.5 Å². The minimum absolute atomic E-state index is 0.0768. The van der Waals surface area contributed by atoms with Gasteiger partial charge in [0.2, 0.25) is 0 Å². The molecule has 0 bridgehead atoms. The Morgan fingerprint density at radius 2 is 1.36 bits per heavy atom. The highest BCUT2D eigenvalue weighted by Gasteiger charge is 2.29. The first-order chi connectivity index (χ1) is 17.0. The molecular weight excluding hydrogens is 470 g/mol. The van der Waals surface area contributed by atoms with E-state index >= 15 is 0 Å². The summed E-state index contributed by atoms with van der Waals surface area (Å²) in [6.45, 7) is 10.0. The average Bonchev–Trinajstić information content (AvgIpc) is 3.42. The molecule has 0 aliphatic carbocycles. The largest absolute Gasteiger partial charge is 0.437 e. The van der Waals surface area contributed by atoms with E-state index in [1.165, 1.54) is 12.4 Å². The number of aromatic nitrogens is 4. The van der Waals surface area contributed by atoms with Crippen LogP contribution in [0, 0.1) is 34.1 Å². The van der Waals surface area contributed by atoms with Crippen LogP contribution in [-0.2, 0) is 0 Å². The van der Waals surface area contributed by atoms with Gasteiger partial charge in [-0.2, -0.15) is 10.2 Å². The van der Waals surface area contributed by atoms with Crippen LogP contribution < -0.4 is 0 Å². The predicted molar refractivity (Wildman–Crippen MR) is 135 cm³/mol. The molecule has 0 unspecified atom stereocenters. The molecule has 0 spiro atoms.